The summed E-state index contributed by atoms with van der Waals surface area (Å²) >= 11 is 0. The third-order valence-electron chi connectivity index (χ3n) is 5.30. The third kappa shape index (κ3) is 3.14. The Kier molecular flexibility index (Phi) is 4.35. The van der Waals surface area contributed by atoms with Crippen molar-refractivity contribution in [3.63, 3.8) is 0 Å². The molecule has 1 atom stereocenters. The first-order valence-corrected chi connectivity index (χ1v) is 9.60. The molecular formula is C23H18N2O5. The fraction of sp³-hybridized carbons (Fsp3) is 0.174. The lowest BCUT2D eigenvalue weighted by Crippen LogP contribution is -2.39. The van der Waals surface area contributed by atoms with Gasteiger partial charge < -0.3 is 14.0 Å². The first-order chi connectivity index (χ1) is 14.6. The Morgan fingerprint density at radius 3 is 2.70 bits per heavy atom. The fourth-order valence-electron chi connectivity index (χ4n) is 3.83. The number of fused-ring (bicyclic) bond motifs is 3. The first kappa shape index (κ1) is 18.2. The molecule has 1 N–H and O–H groups in total. The van der Waals surface area contributed by atoms with Gasteiger partial charge in [0.05, 0.1) is 18.4 Å². The molecular weight excluding hydrogens is 384 g/mol. The summed E-state index contributed by atoms with van der Waals surface area (Å²) in [6.07, 6.45) is 0.702. The van der Waals surface area contributed by atoms with Crippen LogP contribution in [0.2, 0.25) is 0 Å². The van der Waals surface area contributed by atoms with Gasteiger partial charge in [0.15, 0.2) is 5.58 Å². The standard InChI is InChI=1S/C23H18N2O5/c1-28-14-3-2-4-15(12-14)29-16-6-7-17-13(11-16)5-9-19-21(17)22(25-30-19)18-8-10-20(26)24-23(18)27/h2-7,9,11-12,18H,8,10H2,1H3,(H,24,26,27). The molecule has 0 saturated carbocycles. The first-order valence-electron chi connectivity index (χ1n) is 9.60. The molecule has 1 aliphatic rings. The number of piperidine rings is 1. The number of amides is 2. The highest BCUT2D eigenvalue weighted by Crippen LogP contribution is 2.37. The van der Waals surface area contributed by atoms with E-state index in [2.05, 4.69) is 10.5 Å². The van der Waals surface area contributed by atoms with Crippen molar-refractivity contribution in [3.8, 4) is 17.2 Å². The number of carbonyl (C=O) groups is 2. The lowest BCUT2D eigenvalue weighted by molar-refractivity contribution is -0.134. The van der Waals surface area contributed by atoms with Crippen molar-refractivity contribution in [1.82, 2.24) is 10.5 Å². The van der Waals surface area contributed by atoms with Crippen LogP contribution in [0.1, 0.15) is 24.5 Å². The Bertz CT molecular complexity index is 1290. The minimum absolute atomic E-state index is 0.256. The number of carbonyl (C=O) groups excluding carboxylic acids is 2. The van der Waals surface area contributed by atoms with E-state index in [1.807, 2.05) is 54.6 Å². The molecule has 4 aromatic rings. The average Bonchev–Trinajstić information content (AvgIpc) is 3.18. The topological polar surface area (TPSA) is 90.7 Å². The van der Waals surface area contributed by atoms with Crippen molar-refractivity contribution in [2.24, 2.45) is 0 Å². The molecule has 5 rings (SSSR count). The van der Waals surface area contributed by atoms with E-state index in [0.29, 0.717) is 34.9 Å². The SMILES string of the molecule is COc1cccc(Oc2ccc3c(ccc4onc(C5CCC(=O)NC5=O)c43)c2)c1. The van der Waals surface area contributed by atoms with Crippen LogP contribution in [0.15, 0.2) is 59.1 Å². The molecule has 0 spiro atoms. The van der Waals surface area contributed by atoms with Crippen LogP contribution < -0.4 is 14.8 Å². The normalized spacial score (nSPS) is 16.6. The molecule has 1 saturated heterocycles. The van der Waals surface area contributed by atoms with Gasteiger partial charge in [0, 0.05) is 12.5 Å². The molecule has 1 fully saturated rings. The molecule has 1 unspecified atom stereocenters. The summed E-state index contributed by atoms with van der Waals surface area (Å²) in [6.45, 7) is 0. The maximum atomic E-state index is 12.3. The van der Waals surface area contributed by atoms with E-state index < -0.39 is 5.92 Å². The van der Waals surface area contributed by atoms with Gasteiger partial charge in [0.2, 0.25) is 11.8 Å². The molecule has 7 heteroatoms. The minimum Gasteiger partial charge on any atom is -0.497 e. The van der Waals surface area contributed by atoms with Gasteiger partial charge in [0.25, 0.3) is 0 Å². The molecule has 1 aliphatic heterocycles. The molecule has 30 heavy (non-hydrogen) atoms. The van der Waals surface area contributed by atoms with Crippen molar-refractivity contribution in [2.75, 3.05) is 7.11 Å². The van der Waals surface area contributed by atoms with Crippen molar-refractivity contribution in [1.29, 1.82) is 0 Å². The highest BCUT2D eigenvalue weighted by Gasteiger charge is 2.32. The number of nitrogens with zero attached hydrogens (tertiary/aromatic N) is 1. The molecule has 2 amide bonds. The molecule has 0 bridgehead atoms. The predicted molar refractivity (Wildman–Crippen MR) is 110 cm³/mol. The number of hydrogen-bond donors (Lipinski definition) is 1. The van der Waals surface area contributed by atoms with Crippen LogP contribution in [0.4, 0.5) is 0 Å². The monoisotopic (exact) mass is 402 g/mol. The summed E-state index contributed by atoms with van der Waals surface area (Å²) in [6, 6.07) is 16.9. The Morgan fingerprint density at radius 1 is 1.03 bits per heavy atom. The van der Waals surface area contributed by atoms with Crippen molar-refractivity contribution in [2.45, 2.75) is 18.8 Å². The van der Waals surface area contributed by atoms with E-state index in [-0.39, 0.29) is 18.2 Å². The lowest BCUT2D eigenvalue weighted by atomic mass is 9.91. The van der Waals surface area contributed by atoms with Gasteiger partial charge in [-0.2, -0.15) is 0 Å². The van der Waals surface area contributed by atoms with Crippen LogP contribution in [0.3, 0.4) is 0 Å². The zero-order chi connectivity index (χ0) is 20.7. The average molecular weight is 402 g/mol. The Labute approximate surface area is 171 Å². The fourth-order valence-corrected chi connectivity index (χ4v) is 3.83. The van der Waals surface area contributed by atoms with Gasteiger partial charge in [-0.1, -0.05) is 17.3 Å². The summed E-state index contributed by atoms with van der Waals surface area (Å²) in [5.41, 5.74) is 1.16. The smallest absolute Gasteiger partial charge is 0.235 e. The lowest BCUT2D eigenvalue weighted by Gasteiger charge is -2.19. The van der Waals surface area contributed by atoms with E-state index in [4.69, 9.17) is 14.0 Å². The quantitative estimate of drug-likeness (QED) is 0.512. The Balaban J connectivity index is 1.55. The van der Waals surface area contributed by atoms with Crippen LogP contribution >= 0.6 is 0 Å². The second-order valence-corrected chi connectivity index (χ2v) is 7.17. The number of aromatic nitrogens is 1. The van der Waals surface area contributed by atoms with Gasteiger partial charge in [-0.3, -0.25) is 14.9 Å². The number of ether oxygens (including phenoxy) is 2. The Hall–Kier alpha value is -3.87. The summed E-state index contributed by atoms with van der Waals surface area (Å²) in [4.78, 5) is 23.8. The van der Waals surface area contributed by atoms with Gasteiger partial charge in [-0.25, -0.2) is 0 Å². The zero-order valence-electron chi connectivity index (χ0n) is 16.2. The van der Waals surface area contributed by atoms with Crippen molar-refractivity contribution >= 4 is 33.6 Å². The summed E-state index contributed by atoms with van der Waals surface area (Å²) in [7, 11) is 1.61. The van der Waals surface area contributed by atoms with Crippen LogP contribution in [-0.2, 0) is 9.59 Å². The minimum atomic E-state index is -0.512. The van der Waals surface area contributed by atoms with Crippen LogP contribution in [-0.4, -0.2) is 24.1 Å². The Morgan fingerprint density at radius 2 is 1.87 bits per heavy atom. The number of benzene rings is 3. The molecule has 3 aromatic carbocycles. The van der Waals surface area contributed by atoms with E-state index >= 15 is 0 Å². The number of methoxy groups -OCH3 is 1. The van der Waals surface area contributed by atoms with Crippen LogP contribution in [0.25, 0.3) is 21.7 Å². The molecule has 0 radical (unpaired) electrons. The van der Waals surface area contributed by atoms with Crippen molar-refractivity contribution in [3.05, 3.63) is 60.3 Å². The summed E-state index contributed by atoms with van der Waals surface area (Å²) < 4.78 is 16.7. The molecule has 150 valence electrons. The highest BCUT2D eigenvalue weighted by molar-refractivity contribution is 6.10. The maximum Gasteiger partial charge on any atom is 0.235 e. The number of nitrogens with one attached hydrogen (secondary N) is 1. The summed E-state index contributed by atoms with van der Waals surface area (Å²) in [5, 5.41) is 9.17. The van der Waals surface area contributed by atoms with E-state index in [1.165, 1.54) is 0 Å². The molecule has 7 nitrogen and oxygen atoms in total. The third-order valence-corrected chi connectivity index (χ3v) is 5.30. The van der Waals surface area contributed by atoms with Crippen LogP contribution in [0, 0.1) is 0 Å². The molecule has 0 aliphatic carbocycles. The maximum absolute atomic E-state index is 12.3. The number of hydrogen-bond acceptors (Lipinski definition) is 6. The number of rotatable bonds is 4. The molecule has 2 heterocycles. The summed E-state index contributed by atoms with van der Waals surface area (Å²) in [5.74, 6) is 0.957. The second-order valence-electron chi connectivity index (χ2n) is 7.17. The number of imide groups is 1. The van der Waals surface area contributed by atoms with Gasteiger partial charge in [0.1, 0.15) is 22.9 Å². The van der Waals surface area contributed by atoms with Gasteiger partial charge in [-0.15, -0.1) is 0 Å². The largest absolute Gasteiger partial charge is 0.497 e. The second kappa shape index (κ2) is 7.18. The predicted octanol–water partition coefficient (Wildman–Crippen LogP) is 4.30. The van der Waals surface area contributed by atoms with E-state index in [1.54, 1.807) is 7.11 Å². The van der Waals surface area contributed by atoms with Gasteiger partial charge in [-0.05, 0) is 53.6 Å². The van der Waals surface area contributed by atoms with Crippen molar-refractivity contribution < 1.29 is 23.6 Å². The zero-order valence-corrected chi connectivity index (χ0v) is 16.2. The molecule has 1 aromatic heterocycles. The van der Waals surface area contributed by atoms with E-state index in [9.17, 15) is 9.59 Å². The highest BCUT2D eigenvalue weighted by atomic mass is 16.5. The van der Waals surface area contributed by atoms with E-state index in [0.717, 1.165) is 16.2 Å². The van der Waals surface area contributed by atoms with Crippen LogP contribution in [0.5, 0.6) is 17.2 Å². The van der Waals surface area contributed by atoms with Gasteiger partial charge >= 0.3 is 0 Å².